The number of nitrogens with zero attached hydrogens (tertiary/aromatic N) is 1. The summed E-state index contributed by atoms with van der Waals surface area (Å²) in [6.45, 7) is 1.98. The van der Waals surface area contributed by atoms with E-state index in [0.29, 0.717) is 0 Å². The summed E-state index contributed by atoms with van der Waals surface area (Å²) in [5.41, 5.74) is 1.87. The maximum atomic E-state index is 12.7. The lowest BCUT2D eigenvalue weighted by Crippen LogP contribution is -2.46. The third-order valence-corrected chi connectivity index (χ3v) is 5.48. The molecule has 3 heterocycles. The van der Waals surface area contributed by atoms with E-state index in [0.717, 1.165) is 36.8 Å². The number of aliphatic carboxylic acids is 1. The van der Waals surface area contributed by atoms with Gasteiger partial charge in [0.1, 0.15) is 0 Å². The monoisotopic (exact) mass is 293 g/mol. The summed E-state index contributed by atoms with van der Waals surface area (Å²) in [5, 5.41) is 12.9. The smallest absolute Gasteiger partial charge is 0.303 e. The van der Waals surface area contributed by atoms with E-state index < -0.39 is 5.97 Å². The minimum atomic E-state index is -0.720. The Hall–Kier alpha value is -1.36. The summed E-state index contributed by atoms with van der Waals surface area (Å²) in [7, 11) is 0. The number of amides is 1. The van der Waals surface area contributed by atoms with Gasteiger partial charge in [0.25, 0.3) is 5.91 Å². The minimum absolute atomic E-state index is 0.144. The van der Waals surface area contributed by atoms with Crippen LogP contribution in [0.25, 0.3) is 0 Å². The van der Waals surface area contributed by atoms with Crippen molar-refractivity contribution in [3.63, 3.8) is 0 Å². The van der Waals surface area contributed by atoms with Crippen LogP contribution in [0.1, 0.15) is 48.0 Å². The van der Waals surface area contributed by atoms with Gasteiger partial charge in [0.2, 0.25) is 0 Å². The van der Waals surface area contributed by atoms with Gasteiger partial charge in [-0.3, -0.25) is 9.59 Å². The van der Waals surface area contributed by atoms with Crippen LogP contribution in [0.2, 0.25) is 0 Å². The summed E-state index contributed by atoms with van der Waals surface area (Å²) in [4.78, 5) is 25.6. The molecule has 0 aliphatic carbocycles. The number of fused-ring (bicyclic) bond motifs is 2. The lowest BCUT2D eigenvalue weighted by Gasteiger charge is -2.38. The maximum absolute atomic E-state index is 12.7. The predicted molar refractivity (Wildman–Crippen MR) is 77.0 cm³/mol. The number of rotatable bonds is 3. The van der Waals surface area contributed by atoms with Gasteiger partial charge in [0.05, 0.1) is 5.56 Å². The Bertz CT molecular complexity index is 525. The fourth-order valence-electron chi connectivity index (χ4n) is 3.75. The van der Waals surface area contributed by atoms with E-state index in [1.54, 1.807) is 11.3 Å². The Balaban J connectivity index is 1.76. The molecule has 0 saturated carbocycles. The second-order valence-electron chi connectivity index (χ2n) is 6.00. The molecule has 2 aliphatic rings. The lowest BCUT2D eigenvalue weighted by molar-refractivity contribution is -0.138. The number of hydrogen-bond donors (Lipinski definition) is 1. The SMILES string of the molecule is Cc1cscc1C(=O)N1C2CCC1CC(CC(=O)O)C2. The number of aryl methyl sites for hydroxylation is 1. The van der Waals surface area contributed by atoms with Crippen molar-refractivity contribution in [2.45, 2.75) is 51.1 Å². The van der Waals surface area contributed by atoms with Crippen molar-refractivity contribution in [2.24, 2.45) is 5.92 Å². The summed E-state index contributed by atoms with van der Waals surface area (Å²) < 4.78 is 0. The molecule has 2 fully saturated rings. The Morgan fingerprint density at radius 3 is 2.45 bits per heavy atom. The quantitative estimate of drug-likeness (QED) is 0.932. The van der Waals surface area contributed by atoms with E-state index in [1.807, 2.05) is 22.6 Å². The van der Waals surface area contributed by atoms with Gasteiger partial charge in [-0.15, -0.1) is 0 Å². The molecule has 108 valence electrons. The van der Waals surface area contributed by atoms with Gasteiger partial charge in [-0.05, 0) is 49.5 Å². The van der Waals surface area contributed by atoms with Crippen molar-refractivity contribution in [3.8, 4) is 0 Å². The zero-order valence-corrected chi connectivity index (χ0v) is 12.4. The van der Waals surface area contributed by atoms with Crippen LogP contribution in [0.4, 0.5) is 0 Å². The lowest BCUT2D eigenvalue weighted by atomic mass is 9.88. The molecule has 20 heavy (non-hydrogen) atoms. The molecule has 1 aromatic heterocycles. The highest BCUT2D eigenvalue weighted by Crippen LogP contribution is 2.41. The first-order valence-corrected chi connectivity index (χ1v) is 8.07. The van der Waals surface area contributed by atoms with Crippen molar-refractivity contribution >= 4 is 23.2 Å². The molecule has 0 radical (unpaired) electrons. The number of carbonyl (C=O) groups is 2. The van der Waals surface area contributed by atoms with Crippen molar-refractivity contribution in [1.29, 1.82) is 0 Å². The fourth-order valence-corrected chi connectivity index (χ4v) is 4.58. The van der Waals surface area contributed by atoms with Crippen molar-refractivity contribution in [1.82, 2.24) is 4.90 Å². The standard InChI is InChI=1S/C15H19NO3S/c1-9-7-20-8-13(9)15(19)16-11-2-3-12(16)5-10(4-11)6-14(17)18/h7-8,10-12H,2-6H2,1H3,(H,17,18). The van der Waals surface area contributed by atoms with E-state index in [1.165, 1.54) is 0 Å². The predicted octanol–water partition coefficient (Wildman–Crippen LogP) is 2.91. The molecule has 0 aromatic carbocycles. The van der Waals surface area contributed by atoms with Crippen LogP contribution in [0.3, 0.4) is 0 Å². The molecule has 1 aromatic rings. The van der Waals surface area contributed by atoms with Gasteiger partial charge < -0.3 is 10.0 Å². The average Bonchev–Trinajstić information content (AvgIpc) is 2.90. The van der Waals surface area contributed by atoms with Crippen LogP contribution < -0.4 is 0 Å². The Morgan fingerprint density at radius 1 is 1.30 bits per heavy atom. The third kappa shape index (κ3) is 2.35. The van der Waals surface area contributed by atoms with Gasteiger partial charge in [-0.1, -0.05) is 0 Å². The molecule has 0 spiro atoms. The maximum Gasteiger partial charge on any atom is 0.303 e. The molecule has 2 unspecified atom stereocenters. The second-order valence-corrected chi connectivity index (χ2v) is 6.74. The molecule has 2 saturated heterocycles. The molecular formula is C15H19NO3S. The molecule has 2 aliphatic heterocycles. The Kier molecular flexibility index (Phi) is 3.54. The summed E-state index contributed by atoms with van der Waals surface area (Å²) in [6, 6.07) is 0.481. The molecule has 4 nitrogen and oxygen atoms in total. The highest BCUT2D eigenvalue weighted by Gasteiger charge is 2.43. The van der Waals surface area contributed by atoms with E-state index in [-0.39, 0.29) is 30.3 Å². The van der Waals surface area contributed by atoms with E-state index in [4.69, 9.17) is 5.11 Å². The Labute approximate surface area is 122 Å². The van der Waals surface area contributed by atoms with E-state index >= 15 is 0 Å². The van der Waals surface area contributed by atoms with Crippen molar-refractivity contribution < 1.29 is 14.7 Å². The van der Waals surface area contributed by atoms with Crippen LogP contribution in [0, 0.1) is 12.8 Å². The summed E-state index contributed by atoms with van der Waals surface area (Å²) in [6.07, 6.45) is 3.98. The van der Waals surface area contributed by atoms with Crippen LogP contribution in [-0.4, -0.2) is 34.0 Å². The van der Waals surface area contributed by atoms with Crippen LogP contribution in [0.15, 0.2) is 10.8 Å². The van der Waals surface area contributed by atoms with E-state index in [9.17, 15) is 9.59 Å². The third-order valence-electron chi connectivity index (χ3n) is 4.61. The first kappa shape index (κ1) is 13.6. The number of hydrogen-bond acceptors (Lipinski definition) is 3. The second kappa shape index (κ2) is 5.20. The van der Waals surface area contributed by atoms with Gasteiger partial charge in [-0.25, -0.2) is 0 Å². The van der Waals surface area contributed by atoms with Crippen LogP contribution in [0.5, 0.6) is 0 Å². The highest BCUT2D eigenvalue weighted by molar-refractivity contribution is 7.08. The minimum Gasteiger partial charge on any atom is -0.481 e. The normalized spacial score (nSPS) is 28.6. The zero-order chi connectivity index (χ0) is 14.3. The van der Waals surface area contributed by atoms with Gasteiger partial charge >= 0.3 is 5.97 Å². The van der Waals surface area contributed by atoms with Crippen molar-refractivity contribution in [2.75, 3.05) is 0 Å². The summed E-state index contributed by atoms with van der Waals surface area (Å²) in [5.74, 6) is -0.342. The number of piperidine rings is 1. The van der Waals surface area contributed by atoms with Gasteiger partial charge in [0, 0.05) is 23.9 Å². The molecule has 3 rings (SSSR count). The van der Waals surface area contributed by atoms with Gasteiger partial charge in [-0.2, -0.15) is 11.3 Å². The highest BCUT2D eigenvalue weighted by atomic mass is 32.1. The molecule has 5 heteroatoms. The molecule has 2 atom stereocenters. The molecule has 2 bridgehead atoms. The number of thiophene rings is 1. The zero-order valence-electron chi connectivity index (χ0n) is 11.5. The summed E-state index contributed by atoms with van der Waals surface area (Å²) >= 11 is 1.57. The van der Waals surface area contributed by atoms with Crippen LogP contribution >= 0.6 is 11.3 Å². The average molecular weight is 293 g/mol. The molecule has 1 amide bonds. The first-order chi connectivity index (χ1) is 9.56. The fraction of sp³-hybridized carbons (Fsp3) is 0.600. The Morgan fingerprint density at radius 2 is 1.95 bits per heavy atom. The number of carboxylic acids is 1. The van der Waals surface area contributed by atoms with Gasteiger partial charge in [0.15, 0.2) is 0 Å². The topological polar surface area (TPSA) is 57.6 Å². The molecular weight excluding hydrogens is 274 g/mol. The first-order valence-electron chi connectivity index (χ1n) is 7.13. The van der Waals surface area contributed by atoms with Crippen molar-refractivity contribution in [3.05, 3.63) is 21.9 Å². The number of carboxylic acid groups (broad SMARTS) is 1. The number of carbonyl (C=O) groups excluding carboxylic acids is 1. The van der Waals surface area contributed by atoms with E-state index in [2.05, 4.69) is 0 Å². The van der Waals surface area contributed by atoms with Crippen LogP contribution in [-0.2, 0) is 4.79 Å². The largest absolute Gasteiger partial charge is 0.481 e. The molecule has 1 N–H and O–H groups in total.